The van der Waals surface area contributed by atoms with Crippen molar-refractivity contribution in [3.8, 4) is 0 Å². The summed E-state index contributed by atoms with van der Waals surface area (Å²) >= 11 is 0. The fourth-order valence-electron chi connectivity index (χ4n) is 3.85. The number of benzene rings is 1. The van der Waals surface area contributed by atoms with Crippen LogP contribution in [0, 0.1) is 19.7 Å². The van der Waals surface area contributed by atoms with Gasteiger partial charge in [0.05, 0.1) is 22.6 Å². The van der Waals surface area contributed by atoms with Gasteiger partial charge in [0.1, 0.15) is 11.6 Å². The number of nitrogens with one attached hydrogen (secondary N) is 5. The molecule has 3 amide bonds. The van der Waals surface area contributed by atoms with Gasteiger partial charge in [-0.3, -0.25) is 10.1 Å². The normalized spacial score (nSPS) is 14.2. The van der Waals surface area contributed by atoms with Crippen molar-refractivity contribution in [1.82, 2.24) is 10.1 Å². The SMILES string of the molecule is CNc1c(C)[nH]c(/C=C2\C(=O)Nc3cc(NC(=O)Nc4cc(C(C)(C)C)on4)c(F)cc32)c1C. The first-order valence-electron chi connectivity index (χ1n) is 10.8. The molecular formula is C24H27FN6O3. The van der Waals surface area contributed by atoms with Gasteiger partial charge in [0, 0.05) is 35.5 Å². The molecule has 1 aliphatic heterocycles. The van der Waals surface area contributed by atoms with Crippen LogP contribution in [0.15, 0.2) is 22.7 Å². The van der Waals surface area contributed by atoms with Crippen LogP contribution >= 0.6 is 0 Å². The zero-order valence-corrected chi connectivity index (χ0v) is 19.9. The number of fused-ring (bicyclic) bond motifs is 1. The van der Waals surface area contributed by atoms with E-state index in [4.69, 9.17) is 4.52 Å². The molecule has 34 heavy (non-hydrogen) atoms. The standard InChI is InChI=1S/C24H27FN6O3/c1-11-16(27-12(2)21(11)26-6)8-14-13-7-15(25)18(9-17(13)28-22(14)32)29-23(33)30-20-10-19(34-31-20)24(3,4)5/h7-10,26-27H,1-6H3,(H,28,32)(H2,29,30,31,33)/b14-8-. The van der Waals surface area contributed by atoms with Crippen molar-refractivity contribution in [1.29, 1.82) is 0 Å². The van der Waals surface area contributed by atoms with Crippen molar-refractivity contribution in [2.45, 2.75) is 40.0 Å². The van der Waals surface area contributed by atoms with Gasteiger partial charge in [-0.05, 0) is 37.6 Å². The van der Waals surface area contributed by atoms with Crippen LogP contribution in [0.2, 0.25) is 0 Å². The molecule has 1 aliphatic rings. The minimum atomic E-state index is -0.690. The highest BCUT2D eigenvalue weighted by molar-refractivity contribution is 6.35. The summed E-state index contributed by atoms with van der Waals surface area (Å²) in [6.07, 6.45) is 1.70. The molecule has 9 nitrogen and oxygen atoms in total. The number of halogens is 1. The first-order chi connectivity index (χ1) is 16.0. The van der Waals surface area contributed by atoms with Gasteiger partial charge in [-0.1, -0.05) is 25.9 Å². The first-order valence-corrected chi connectivity index (χ1v) is 10.8. The Kier molecular flexibility index (Phi) is 5.68. The van der Waals surface area contributed by atoms with E-state index in [0.29, 0.717) is 22.6 Å². The third-order valence-electron chi connectivity index (χ3n) is 5.64. The fraction of sp³-hybridized carbons (Fsp3) is 0.292. The lowest BCUT2D eigenvalue weighted by atomic mass is 9.93. The Morgan fingerprint density at radius 2 is 1.91 bits per heavy atom. The topological polar surface area (TPSA) is 124 Å². The Morgan fingerprint density at radius 1 is 1.18 bits per heavy atom. The summed E-state index contributed by atoms with van der Waals surface area (Å²) in [7, 11) is 1.82. The number of aromatic amines is 1. The van der Waals surface area contributed by atoms with Crippen molar-refractivity contribution in [3.63, 3.8) is 0 Å². The highest BCUT2D eigenvalue weighted by atomic mass is 19.1. The smallest absolute Gasteiger partial charge is 0.325 e. The Bertz CT molecular complexity index is 1330. The lowest BCUT2D eigenvalue weighted by Crippen LogP contribution is -2.20. The monoisotopic (exact) mass is 466 g/mol. The molecule has 10 heteroatoms. The number of H-pyrrole nitrogens is 1. The second-order valence-electron chi connectivity index (χ2n) is 9.21. The fourth-order valence-corrected chi connectivity index (χ4v) is 3.85. The second kappa shape index (κ2) is 8.36. The quantitative estimate of drug-likeness (QED) is 0.337. The van der Waals surface area contributed by atoms with Crippen molar-refractivity contribution in [3.05, 3.63) is 52.3 Å². The van der Waals surface area contributed by atoms with Crippen LogP contribution in [0.25, 0.3) is 11.6 Å². The van der Waals surface area contributed by atoms with E-state index in [9.17, 15) is 14.0 Å². The summed E-state index contributed by atoms with van der Waals surface area (Å²) in [5, 5.41) is 14.6. The number of carbonyl (C=O) groups is 2. The van der Waals surface area contributed by atoms with Gasteiger partial charge in [0.15, 0.2) is 5.82 Å². The summed E-state index contributed by atoms with van der Waals surface area (Å²) in [6, 6.07) is 3.54. The maximum absolute atomic E-state index is 14.9. The Balaban J connectivity index is 1.56. The minimum absolute atomic E-state index is 0.0818. The minimum Gasteiger partial charge on any atom is -0.386 e. The maximum atomic E-state index is 14.9. The molecule has 178 valence electrons. The zero-order valence-electron chi connectivity index (χ0n) is 19.9. The lowest BCUT2D eigenvalue weighted by Gasteiger charge is -2.12. The average Bonchev–Trinajstić information content (AvgIpc) is 3.40. The molecule has 0 saturated carbocycles. The maximum Gasteiger partial charge on any atom is 0.325 e. The average molecular weight is 467 g/mol. The number of hydrogen-bond acceptors (Lipinski definition) is 5. The molecule has 1 aromatic carbocycles. The molecule has 0 unspecified atom stereocenters. The molecule has 3 aromatic rings. The Labute approximate surface area is 196 Å². The molecule has 5 N–H and O–H groups in total. The van der Waals surface area contributed by atoms with Crippen LogP contribution in [-0.2, 0) is 10.2 Å². The van der Waals surface area contributed by atoms with Crippen LogP contribution in [0.4, 0.5) is 32.1 Å². The van der Waals surface area contributed by atoms with Gasteiger partial charge in [-0.15, -0.1) is 0 Å². The third-order valence-corrected chi connectivity index (χ3v) is 5.64. The summed E-state index contributed by atoms with van der Waals surface area (Å²) in [5.74, 6) is -0.226. The molecule has 0 saturated heterocycles. The number of hydrogen-bond donors (Lipinski definition) is 5. The van der Waals surface area contributed by atoms with E-state index >= 15 is 0 Å². The largest absolute Gasteiger partial charge is 0.386 e. The first kappa shape index (κ1) is 23.1. The van der Waals surface area contributed by atoms with Crippen LogP contribution < -0.4 is 21.3 Å². The zero-order chi connectivity index (χ0) is 24.8. The van der Waals surface area contributed by atoms with E-state index in [1.807, 2.05) is 41.7 Å². The molecule has 0 fully saturated rings. The lowest BCUT2D eigenvalue weighted by molar-refractivity contribution is -0.110. The van der Waals surface area contributed by atoms with Gasteiger partial charge in [-0.2, -0.15) is 0 Å². The van der Waals surface area contributed by atoms with E-state index in [0.717, 1.165) is 22.6 Å². The summed E-state index contributed by atoms with van der Waals surface area (Å²) < 4.78 is 20.1. The van der Waals surface area contributed by atoms with E-state index in [1.54, 1.807) is 12.1 Å². The summed E-state index contributed by atoms with van der Waals surface area (Å²) in [4.78, 5) is 28.2. The number of urea groups is 1. The molecular weight excluding hydrogens is 439 g/mol. The molecule has 0 bridgehead atoms. The van der Waals surface area contributed by atoms with Crippen LogP contribution in [-0.4, -0.2) is 29.1 Å². The number of rotatable bonds is 4. The molecule has 0 radical (unpaired) electrons. The van der Waals surface area contributed by atoms with Crippen molar-refractivity contribution < 1.29 is 18.5 Å². The van der Waals surface area contributed by atoms with Gasteiger partial charge >= 0.3 is 6.03 Å². The van der Waals surface area contributed by atoms with Crippen LogP contribution in [0.3, 0.4) is 0 Å². The van der Waals surface area contributed by atoms with E-state index in [-0.39, 0.29) is 22.8 Å². The number of aryl methyl sites for hydroxylation is 1. The van der Waals surface area contributed by atoms with Gasteiger partial charge in [0.2, 0.25) is 0 Å². The van der Waals surface area contributed by atoms with Crippen LogP contribution in [0.5, 0.6) is 0 Å². The Hall–Kier alpha value is -4.08. The predicted octanol–water partition coefficient (Wildman–Crippen LogP) is 5.23. The van der Waals surface area contributed by atoms with Crippen molar-refractivity contribution in [2.24, 2.45) is 0 Å². The third kappa shape index (κ3) is 4.26. The van der Waals surface area contributed by atoms with Crippen LogP contribution in [0.1, 0.15) is 49.0 Å². The van der Waals surface area contributed by atoms with E-state index in [2.05, 4.69) is 31.4 Å². The number of carbonyl (C=O) groups excluding carboxylic acids is 2. The Morgan fingerprint density at radius 3 is 2.53 bits per heavy atom. The molecule has 0 spiro atoms. The molecule has 0 atom stereocenters. The molecule has 0 aliphatic carbocycles. The second-order valence-corrected chi connectivity index (χ2v) is 9.21. The summed E-state index contributed by atoms with van der Waals surface area (Å²) in [6.45, 7) is 9.71. The molecule has 3 heterocycles. The number of aromatic nitrogens is 2. The van der Waals surface area contributed by atoms with Gasteiger partial charge in [0.25, 0.3) is 5.91 Å². The predicted molar refractivity (Wildman–Crippen MR) is 131 cm³/mol. The molecule has 2 aromatic heterocycles. The summed E-state index contributed by atoms with van der Waals surface area (Å²) in [5.41, 5.74) is 4.38. The number of amides is 3. The van der Waals surface area contributed by atoms with Crippen molar-refractivity contribution >= 4 is 46.5 Å². The van der Waals surface area contributed by atoms with Gasteiger partial charge in [-0.25, -0.2) is 9.18 Å². The van der Waals surface area contributed by atoms with E-state index < -0.39 is 11.8 Å². The van der Waals surface area contributed by atoms with E-state index in [1.165, 1.54) is 12.1 Å². The van der Waals surface area contributed by atoms with Gasteiger partial charge < -0.3 is 25.5 Å². The van der Waals surface area contributed by atoms with Crippen molar-refractivity contribution in [2.75, 3.05) is 28.3 Å². The highest BCUT2D eigenvalue weighted by Gasteiger charge is 2.27. The molecule has 4 rings (SSSR count). The number of nitrogens with zero attached hydrogens (tertiary/aromatic N) is 1. The number of anilines is 4. The highest BCUT2D eigenvalue weighted by Crippen LogP contribution is 2.37.